The van der Waals surface area contributed by atoms with Crippen molar-refractivity contribution in [2.45, 2.75) is 13.5 Å². The molecule has 0 N–H and O–H groups in total. The minimum absolute atomic E-state index is 0.136. The third-order valence-corrected chi connectivity index (χ3v) is 4.39. The fraction of sp³-hybridized carbons (Fsp3) is 0.0870. The van der Waals surface area contributed by atoms with E-state index in [1.807, 2.05) is 79.7 Å². The summed E-state index contributed by atoms with van der Waals surface area (Å²) in [6, 6.07) is 24.6. The van der Waals surface area contributed by atoms with Crippen LogP contribution in [0, 0.1) is 6.92 Å². The van der Waals surface area contributed by atoms with Gasteiger partial charge in [-0.1, -0.05) is 60.7 Å². The number of fused-ring (bicyclic) bond motifs is 1. The van der Waals surface area contributed by atoms with Gasteiger partial charge in [0, 0.05) is 0 Å². The molecule has 0 amide bonds. The van der Waals surface area contributed by atoms with Gasteiger partial charge in [-0.25, -0.2) is 4.98 Å². The molecule has 0 aliphatic carbocycles. The van der Waals surface area contributed by atoms with E-state index >= 15 is 0 Å². The second-order valence-corrected chi connectivity index (χ2v) is 6.37. The molecule has 0 atom stereocenters. The van der Waals surface area contributed by atoms with Crippen LogP contribution in [0.4, 0.5) is 0 Å². The lowest BCUT2D eigenvalue weighted by Gasteiger charge is -2.12. The van der Waals surface area contributed by atoms with Crippen molar-refractivity contribution in [2.75, 3.05) is 0 Å². The van der Waals surface area contributed by atoms with Gasteiger partial charge in [0.05, 0.1) is 17.1 Å². The highest BCUT2D eigenvalue weighted by atomic mass is 16.5. The van der Waals surface area contributed by atoms with Gasteiger partial charge >= 0.3 is 0 Å². The molecule has 0 saturated heterocycles. The first-order valence-corrected chi connectivity index (χ1v) is 9.01. The molecule has 0 aliphatic rings. The van der Waals surface area contributed by atoms with Crippen LogP contribution in [0.25, 0.3) is 10.9 Å². The van der Waals surface area contributed by atoms with E-state index in [0.29, 0.717) is 16.7 Å². The van der Waals surface area contributed by atoms with Gasteiger partial charge in [0.25, 0.3) is 5.56 Å². The minimum Gasteiger partial charge on any atom is -0.485 e. The second kappa shape index (κ2) is 7.88. The van der Waals surface area contributed by atoms with Crippen LogP contribution in [0.15, 0.2) is 88.8 Å². The third-order valence-electron chi connectivity index (χ3n) is 4.39. The van der Waals surface area contributed by atoms with Crippen molar-refractivity contribution in [3.63, 3.8) is 0 Å². The first kappa shape index (κ1) is 17.7. The predicted molar refractivity (Wildman–Crippen MR) is 111 cm³/mol. The molecular formula is C23H19N3O2. The van der Waals surface area contributed by atoms with Gasteiger partial charge in [0.15, 0.2) is 5.82 Å². The molecule has 0 radical (unpaired) electrons. The van der Waals surface area contributed by atoms with E-state index in [1.165, 1.54) is 4.68 Å². The summed E-state index contributed by atoms with van der Waals surface area (Å²) in [4.78, 5) is 17.6. The third kappa shape index (κ3) is 3.69. The summed E-state index contributed by atoms with van der Waals surface area (Å²) in [5, 5.41) is 4.92. The molecule has 5 nitrogen and oxygen atoms in total. The summed E-state index contributed by atoms with van der Waals surface area (Å²) in [6.07, 6.45) is 1.65. The maximum atomic E-state index is 13.0. The van der Waals surface area contributed by atoms with Gasteiger partial charge < -0.3 is 4.74 Å². The smallest absolute Gasteiger partial charge is 0.282 e. The summed E-state index contributed by atoms with van der Waals surface area (Å²) >= 11 is 0. The molecule has 0 spiro atoms. The largest absolute Gasteiger partial charge is 0.485 e. The lowest BCUT2D eigenvalue weighted by Crippen LogP contribution is -2.23. The molecule has 1 aromatic heterocycles. The standard InChI is InChI=1S/C23H19N3O2/c1-17-9-5-8-14-21(17)28-16-22-25-20-13-7-6-12-19(20)23(27)26(22)24-15-18-10-3-2-4-11-18/h2-15H,16H2,1H3. The van der Waals surface area contributed by atoms with Crippen molar-refractivity contribution in [2.24, 2.45) is 5.10 Å². The first-order chi connectivity index (χ1) is 13.7. The van der Waals surface area contributed by atoms with Crippen LogP contribution < -0.4 is 10.3 Å². The molecule has 0 unspecified atom stereocenters. The number of aryl methyl sites for hydroxylation is 1. The molecule has 4 rings (SSSR count). The minimum atomic E-state index is -0.221. The Labute approximate surface area is 162 Å². The highest BCUT2D eigenvalue weighted by Gasteiger charge is 2.11. The Morgan fingerprint density at radius 2 is 1.68 bits per heavy atom. The Morgan fingerprint density at radius 1 is 0.964 bits per heavy atom. The van der Waals surface area contributed by atoms with Gasteiger partial charge in [-0.15, -0.1) is 0 Å². The highest BCUT2D eigenvalue weighted by molar-refractivity contribution is 5.80. The summed E-state index contributed by atoms with van der Waals surface area (Å²) < 4.78 is 7.24. The van der Waals surface area contributed by atoms with E-state index in [-0.39, 0.29) is 12.2 Å². The number of para-hydroxylation sites is 2. The van der Waals surface area contributed by atoms with Gasteiger partial charge in [-0.3, -0.25) is 4.79 Å². The van der Waals surface area contributed by atoms with Gasteiger partial charge in [-0.2, -0.15) is 9.78 Å². The maximum Gasteiger partial charge on any atom is 0.282 e. The summed E-state index contributed by atoms with van der Waals surface area (Å²) in [7, 11) is 0. The number of rotatable bonds is 5. The number of ether oxygens (including phenoxy) is 1. The molecule has 3 aromatic carbocycles. The molecule has 0 aliphatic heterocycles. The van der Waals surface area contributed by atoms with E-state index in [4.69, 9.17) is 4.74 Å². The Kier molecular flexibility index (Phi) is 4.97. The molecule has 5 heteroatoms. The molecule has 138 valence electrons. The number of benzene rings is 3. The fourth-order valence-corrected chi connectivity index (χ4v) is 2.91. The summed E-state index contributed by atoms with van der Waals surface area (Å²) in [5.41, 5.74) is 2.32. The molecule has 0 bridgehead atoms. The maximum absolute atomic E-state index is 13.0. The van der Waals surface area contributed by atoms with Gasteiger partial charge in [0.2, 0.25) is 0 Å². The Hall–Kier alpha value is -3.73. The van der Waals surface area contributed by atoms with Crippen molar-refractivity contribution in [3.8, 4) is 5.75 Å². The van der Waals surface area contributed by atoms with Crippen LogP contribution in [-0.4, -0.2) is 15.9 Å². The number of nitrogens with zero attached hydrogens (tertiary/aromatic N) is 3. The first-order valence-electron chi connectivity index (χ1n) is 9.01. The van der Waals surface area contributed by atoms with Crippen LogP contribution >= 0.6 is 0 Å². The van der Waals surface area contributed by atoms with Gasteiger partial charge in [-0.05, 0) is 36.2 Å². The van der Waals surface area contributed by atoms with E-state index in [9.17, 15) is 4.79 Å². The molecule has 0 fully saturated rings. The number of aromatic nitrogens is 2. The van der Waals surface area contributed by atoms with E-state index in [1.54, 1.807) is 12.3 Å². The lowest BCUT2D eigenvalue weighted by atomic mass is 10.2. The Morgan fingerprint density at radius 3 is 2.50 bits per heavy atom. The molecule has 28 heavy (non-hydrogen) atoms. The molecule has 0 saturated carbocycles. The van der Waals surface area contributed by atoms with Crippen molar-refractivity contribution in [1.29, 1.82) is 0 Å². The fourth-order valence-electron chi connectivity index (χ4n) is 2.91. The van der Waals surface area contributed by atoms with Crippen LogP contribution in [0.1, 0.15) is 17.0 Å². The highest BCUT2D eigenvalue weighted by Crippen LogP contribution is 2.18. The van der Waals surface area contributed by atoms with Crippen molar-refractivity contribution in [3.05, 3.63) is 106 Å². The predicted octanol–water partition coefficient (Wildman–Crippen LogP) is 4.17. The molecule has 1 heterocycles. The quantitative estimate of drug-likeness (QED) is 0.496. The van der Waals surface area contributed by atoms with Crippen LogP contribution in [-0.2, 0) is 6.61 Å². The zero-order valence-corrected chi connectivity index (χ0v) is 15.4. The molecule has 4 aromatic rings. The monoisotopic (exact) mass is 369 g/mol. The average molecular weight is 369 g/mol. The van der Waals surface area contributed by atoms with Crippen LogP contribution in [0.2, 0.25) is 0 Å². The lowest BCUT2D eigenvalue weighted by molar-refractivity contribution is 0.287. The SMILES string of the molecule is Cc1ccccc1OCc1nc2ccccc2c(=O)n1N=Cc1ccccc1. The van der Waals surface area contributed by atoms with Crippen molar-refractivity contribution in [1.82, 2.24) is 9.66 Å². The average Bonchev–Trinajstić information content (AvgIpc) is 2.73. The van der Waals surface area contributed by atoms with E-state index in [0.717, 1.165) is 16.9 Å². The van der Waals surface area contributed by atoms with E-state index in [2.05, 4.69) is 10.1 Å². The molecular weight excluding hydrogens is 350 g/mol. The Balaban J connectivity index is 1.76. The second-order valence-electron chi connectivity index (χ2n) is 6.37. The van der Waals surface area contributed by atoms with Crippen LogP contribution in [0.5, 0.6) is 5.75 Å². The zero-order chi connectivity index (χ0) is 19.3. The zero-order valence-electron chi connectivity index (χ0n) is 15.4. The Bertz CT molecular complexity index is 1200. The van der Waals surface area contributed by atoms with Crippen LogP contribution in [0.3, 0.4) is 0 Å². The van der Waals surface area contributed by atoms with Gasteiger partial charge in [0.1, 0.15) is 12.4 Å². The normalized spacial score (nSPS) is 11.2. The number of hydrogen-bond donors (Lipinski definition) is 0. The number of hydrogen-bond acceptors (Lipinski definition) is 4. The van der Waals surface area contributed by atoms with E-state index < -0.39 is 0 Å². The summed E-state index contributed by atoms with van der Waals surface area (Å²) in [5.74, 6) is 1.20. The van der Waals surface area contributed by atoms with Crippen molar-refractivity contribution >= 4 is 17.1 Å². The topological polar surface area (TPSA) is 56.5 Å². The summed E-state index contributed by atoms with van der Waals surface area (Å²) in [6.45, 7) is 2.11. The van der Waals surface area contributed by atoms with Crippen molar-refractivity contribution < 1.29 is 4.74 Å².